The Bertz CT molecular complexity index is 1500. The highest BCUT2D eigenvalue weighted by Crippen LogP contribution is 2.41. The molecule has 1 aliphatic rings. The molecule has 37 heavy (non-hydrogen) atoms. The minimum Gasteiger partial charge on any atom is -0.490 e. The summed E-state index contributed by atoms with van der Waals surface area (Å²) < 4.78 is 37.2. The Morgan fingerprint density at radius 3 is 2.41 bits per heavy atom. The third-order valence-electron chi connectivity index (χ3n) is 5.60. The minimum absolute atomic E-state index is 0.00719. The highest BCUT2D eigenvalue weighted by Gasteiger charge is 2.35. The molecule has 192 valence electrons. The first-order chi connectivity index (χ1) is 17.6. The Balaban J connectivity index is 1.62. The quantitative estimate of drug-likeness (QED) is 0.216. The third-order valence-corrected chi connectivity index (χ3v) is 8.33. The molecule has 0 spiro atoms. The lowest BCUT2D eigenvalue weighted by Crippen LogP contribution is -2.27. The lowest BCUT2D eigenvalue weighted by molar-refractivity contribution is -0.123. The summed E-state index contributed by atoms with van der Waals surface area (Å²) in [5, 5.41) is -0.354. The molecule has 0 radical (unpaired) electrons. The summed E-state index contributed by atoms with van der Waals surface area (Å²) in [4.78, 5) is 27.1. The standard InChI is InChI=1S/C27H24BrNO6S2/c1-4-34-23-14-19(13-22(28)25(23)35-37(32,33)21-11-9-17(2)10-12-21)15-24-26(30)29(27(31)36-24)16-20-8-6-5-7-18(20)3/h5-15H,4,16H2,1-3H3/b24-15-. The number of ether oxygens (including phenoxy) is 1. The fourth-order valence-electron chi connectivity index (χ4n) is 3.62. The maximum atomic E-state index is 13.0. The lowest BCUT2D eigenvalue weighted by Gasteiger charge is -2.15. The van der Waals surface area contributed by atoms with Gasteiger partial charge in [0.25, 0.3) is 11.1 Å². The van der Waals surface area contributed by atoms with Crippen LogP contribution in [0.4, 0.5) is 4.79 Å². The summed E-state index contributed by atoms with van der Waals surface area (Å²) >= 11 is 4.23. The zero-order chi connectivity index (χ0) is 26.7. The zero-order valence-corrected chi connectivity index (χ0v) is 23.6. The molecule has 2 amide bonds. The van der Waals surface area contributed by atoms with Crippen LogP contribution in [0.25, 0.3) is 6.08 Å². The molecule has 3 aromatic carbocycles. The van der Waals surface area contributed by atoms with E-state index in [1.54, 1.807) is 37.3 Å². The molecule has 1 aliphatic heterocycles. The maximum absolute atomic E-state index is 13.0. The molecule has 3 aromatic rings. The molecular weight excluding hydrogens is 578 g/mol. The largest absolute Gasteiger partial charge is 0.490 e. The van der Waals surface area contributed by atoms with Crippen molar-refractivity contribution < 1.29 is 26.9 Å². The molecule has 0 atom stereocenters. The van der Waals surface area contributed by atoms with Gasteiger partial charge in [0.2, 0.25) is 0 Å². The van der Waals surface area contributed by atoms with Crippen molar-refractivity contribution in [1.82, 2.24) is 4.90 Å². The van der Waals surface area contributed by atoms with Gasteiger partial charge < -0.3 is 8.92 Å². The van der Waals surface area contributed by atoms with Crippen molar-refractivity contribution in [3.8, 4) is 11.5 Å². The monoisotopic (exact) mass is 601 g/mol. The van der Waals surface area contributed by atoms with Crippen LogP contribution in [0.1, 0.15) is 29.2 Å². The average Bonchev–Trinajstić information content (AvgIpc) is 3.10. The van der Waals surface area contributed by atoms with Crippen molar-refractivity contribution in [3.63, 3.8) is 0 Å². The number of rotatable bonds is 8. The van der Waals surface area contributed by atoms with Crippen LogP contribution >= 0.6 is 27.7 Å². The van der Waals surface area contributed by atoms with Crippen molar-refractivity contribution in [2.24, 2.45) is 0 Å². The second-order valence-corrected chi connectivity index (χ2v) is 11.7. The fraction of sp³-hybridized carbons (Fsp3) is 0.185. The van der Waals surface area contributed by atoms with Gasteiger partial charge in [0.15, 0.2) is 11.5 Å². The number of carbonyl (C=O) groups is 2. The number of halogens is 1. The topological polar surface area (TPSA) is 90.0 Å². The van der Waals surface area contributed by atoms with E-state index in [0.717, 1.165) is 28.5 Å². The van der Waals surface area contributed by atoms with Crippen molar-refractivity contribution >= 4 is 55.0 Å². The maximum Gasteiger partial charge on any atom is 0.339 e. The number of nitrogens with zero attached hydrogens (tertiary/aromatic N) is 1. The smallest absolute Gasteiger partial charge is 0.339 e. The summed E-state index contributed by atoms with van der Waals surface area (Å²) in [6, 6.07) is 17.1. The first-order valence-corrected chi connectivity index (χ1v) is 14.4. The Hall–Kier alpha value is -3.08. The Labute approximate surface area is 228 Å². The van der Waals surface area contributed by atoms with Crippen molar-refractivity contribution in [1.29, 1.82) is 0 Å². The van der Waals surface area contributed by atoms with Gasteiger partial charge in [-0.3, -0.25) is 14.5 Å². The average molecular weight is 603 g/mol. The van der Waals surface area contributed by atoms with Crippen LogP contribution in [0, 0.1) is 13.8 Å². The van der Waals surface area contributed by atoms with E-state index >= 15 is 0 Å². The zero-order valence-electron chi connectivity index (χ0n) is 20.4. The molecule has 7 nitrogen and oxygen atoms in total. The van der Waals surface area contributed by atoms with Crippen molar-refractivity contribution in [3.05, 3.63) is 92.3 Å². The van der Waals surface area contributed by atoms with Gasteiger partial charge in [-0.2, -0.15) is 8.42 Å². The van der Waals surface area contributed by atoms with Gasteiger partial charge in [-0.1, -0.05) is 42.0 Å². The van der Waals surface area contributed by atoms with Crippen LogP contribution in [0.15, 0.2) is 74.9 Å². The van der Waals surface area contributed by atoms with E-state index in [2.05, 4.69) is 15.9 Å². The molecule has 4 rings (SSSR count). The molecule has 1 heterocycles. The number of imide groups is 1. The van der Waals surface area contributed by atoms with Crippen LogP contribution in [-0.2, 0) is 21.5 Å². The van der Waals surface area contributed by atoms with Crippen LogP contribution in [0.2, 0.25) is 0 Å². The van der Waals surface area contributed by atoms with Gasteiger partial charge in [0.1, 0.15) is 4.90 Å². The van der Waals surface area contributed by atoms with Crippen LogP contribution < -0.4 is 8.92 Å². The number of benzene rings is 3. The molecule has 0 unspecified atom stereocenters. The summed E-state index contributed by atoms with van der Waals surface area (Å²) in [6.45, 7) is 5.99. The highest BCUT2D eigenvalue weighted by molar-refractivity contribution is 9.10. The fourth-order valence-corrected chi connectivity index (χ4v) is 6.07. The first-order valence-electron chi connectivity index (χ1n) is 11.4. The van der Waals surface area contributed by atoms with Crippen LogP contribution in [0.5, 0.6) is 11.5 Å². The molecule has 0 saturated carbocycles. The van der Waals surface area contributed by atoms with E-state index in [4.69, 9.17) is 8.92 Å². The van der Waals surface area contributed by atoms with E-state index in [9.17, 15) is 18.0 Å². The van der Waals surface area contributed by atoms with Gasteiger partial charge in [-0.05, 0) is 95.5 Å². The lowest BCUT2D eigenvalue weighted by atomic mass is 10.1. The second kappa shape index (κ2) is 11.1. The molecule has 1 fully saturated rings. The number of hydrogen-bond acceptors (Lipinski definition) is 7. The number of thioether (sulfide) groups is 1. The first kappa shape index (κ1) is 27.0. The Morgan fingerprint density at radius 2 is 1.73 bits per heavy atom. The van der Waals surface area contributed by atoms with E-state index in [-0.39, 0.29) is 39.7 Å². The Kier molecular flexibility index (Phi) is 8.11. The van der Waals surface area contributed by atoms with E-state index < -0.39 is 16.0 Å². The third kappa shape index (κ3) is 6.08. The second-order valence-electron chi connectivity index (χ2n) is 8.31. The van der Waals surface area contributed by atoms with E-state index in [1.807, 2.05) is 38.1 Å². The summed E-state index contributed by atoms with van der Waals surface area (Å²) in [7, 11) is -4.12. The summed E-state index contributed by atoms with van der Waals surface area (Å²) in [5.41, 5.74) is 3.34. The van der Waals surface area contributed by atoms with Crippen LogP contribution in [0.3, 0.4) is 0 Å². The number of carbonyl (C=O) groups excluding carboxylic acids is 2. The van der Waals surface area contributed by atoms with Gasteiger partial charge >= 0.3 is 10.1 Å². The normalized spacial score (nSPS) is 14.9. The van der Waals surface area contributed by atoms with Crippen molar-refractivity contribution in [2.75, 3.05) is 6.61 Å². The SMILES string of the molecule is CCOc1cc(/C=C2\SC(=O)N(Cc3ccccc3C)C2=O)cc(Br)c1OS(=O)(=O)c1ccc(C)cc1. The Morgan fingerprint density at radius 1 is 1.03 bits per heavy atom. The van der Waals surface area contributed by atoms with E-state index in [0.29, 0.717) is 10.0 Å². The molecule has 0 aromatic heterocycles. The van der Waals surface area contributed by atoms with Gasteiger partial charge in [0.05, 0.1) is 22.5 Å². The minimum atomic E-state index is -4.12. The predicted molar refractivity (Wildman–Crippen MR) is 147 cm³/mol. The predicted octanol–water partition coefficient (Wildman–Crippen LogP) is 6.47. The summed E-state index contributed by atoms with van der Waals surface area (Å²) in [5.74, 6) is -0.222. The number of amides is 2. The molecule has 0 aliphatic carbocycles. The molecule has 10 heteroatoms. The van der Waals surface area contributed by atoms with Gasteiger partial charge in [-0.15, -0.1) is 0 Å². The molecular formula is C27H24BrNO6S2. The number of aryl methyl sites for hydroxylation is 2. The van der Waals surface area contributed by atoms with Gasteiger partial charge in [-0.25, -0.2) is 0 Å². The molecule has 0 N–H and O–H groups in total. The van der Waals surface area contributed by atoms with Crippen molar-refractivity contribution in [2.45, 2.75) is 32.2 Å². The molecule has 0 bridgehead atoms. The van der Waals surface area contributed by atoms with Crippen LogP contribution in [-0.4, -0.2) is 31.1 Å². The highest BCUT2D eigenvalue weighted by atomic mass is 79.9. The summed E-state index contributed by atoms with van der Waals surface area (Å²) in [6.07, 6.45) is 1.58. The number of hydrogen-bond donors (Lipinski definition) is 0. The molecule has 1 saturated heterocycles. The van der Waals surface area contributed by atoms with E-state index in [1.165, 1.54) is 17.0 Å². The van der Waals surface area contributed by atoms with Gasteiger partial charge in [0, 0.05) is 0 Å².